The van der Waals surface area contributed by atoms with E-state index in [0.717, 1.165) is 49.2 Å². The first-order valence-electron chi connectivity index (χ1n) is 10.8. The number of hydrogen-bond donors (Lipinski definition) is 2. The van der Waals surface area contributed by atoms with E-state index in [9.17, 15) is 14.9 Å². The van der Waals surface area contributed by atoms with Crippen LogP contribution >= 0.6 is 0 Å². The molecule has 1 aliphatic heterocycles. The highest BCUT2D eigenvalue weighted by Gasteiger charge is 2.30. The predicted octanol–water partition coefficient (Wildman–Crippen LogP) is 0.788. The van der Waals surface area contributed by atoms with Crippen LogP contribution in [0.2, 0.25) is 0 Å². The topological polar surface area (TPSA) is 110 Å². The average Bonchev–Trinajstić information content (AvgIpc) is 2.76. The van der Waals surface area contributed by atoms with Crippen LogP contribution in [0.5, 0.6) is 0 Å². The third kappa shape index (κ3) is 4.73. The van der Waals surface area contributed by atoms with E-state index < -0.39 is 11.8 Å². The van der Waals surface area contributed by atoms with Crippen molar-refractivity contribution >= 4 is 17.6 Å². The second kappa shape index (κ2) is 9.90. The van der Waals surface area contributed by atoms with Crippen LogP contribution in [0.15, 0.2) is 0 Å². The van der Waals surface area contributed by atoms with E-state index in [-0.39, 0.29) is 13.2 Å². The molecule has 1 aliphatic carbocycles. The number of piperazine rings is 1. The Bertz CT molecular complexity index is 838. The minimum absolute atomic E-state index is 0.0632. The summed E-state index contributed by atoms with van der Waals surface area (Å²) >= 11 is 0. The number of amides is 2. The molecule has 3 rings (SSSR count). The number of rotatable bonds is 5. The minimum atomic E-state index is -0.693. The molecule has 1 aromatic heterocycles. The lowest BCUT2D eigenvalue weighted by Gasteiger charge is -2.36. The van der Waals surface area contributed by atoms with Gasteiger partial charge in [0, 0.05) is 38.4 Å². The molecule has 2 aliphatic rings. The SMILES string of the molecule is CC(C)Cc1nc(N2CCN(C(=O)C(=O)NCCO)CC2)c(C#N)c2c1CCCC2. The molecule has 0 saturated carbocycles. The summed E-state index contributed by atoms with van der Waals surface area (Å²) in [5, 5.41) is 21.1. The van der Waals surface area contributed by atoms with Crippen LogP contribution in [-0.2, 0) is 28.9 Å². The van der Waals surface area contributed by atoms with Crippen molar-refractivity contribution in [3.05, 3.63) is 22.4 Å². The van der Waals surface area contributed by atoms with Crippen molar-refractivity contribution in [1.82, 2.24) is 15.2 Å². The molecular weight excluding hydrogens is 382 g/mol. The Kier molecular flexibility index (Phi) is 7.27. The largest absolute Gasteiger partial charge is 0.395 e. The lowest BCUT2D eigenvalue weighted by Crippen LogP contribution is -2.53. The maximum absolute atomic E-state index is 12.3. The minimum Gasteiger partial charge on any atom is -0.395 e. The van der Waals surface area contributed by atoms with Crippen molar-refractivity contribution in [3.63, 3.8) is 0 Å². The Hall–Kier alpha value is -2.66. The molecule has 2 N–H and O–H groups in total. The van der Waals surface area contributed by atoms with Gasteiger partial charge in [-0.25, -0.2) is 4.98 Å². The standard InChI is InChI=1S/C22H31N5O3/c1-15(2)13-19-17-6-4-3-5-16(17)18(14-23)20(25-19)26-8-10-27(11-9-26)22(30)21(29)24-7-12-28/h15,28H,3-13H2,1-2H3,(H,24,29). The number of carbonyl (C=O) groups excluding carboxylic acids is 2. The molecular formula is C22H31N5O3. The first-order valence-corrected chi connectivity index (χ1v) is 10.8. The molecule has 0 spiro atoms. The molecule has 1 fully saturated rings. The van der Waals surface area contributed by atoms with Gasteiger partial charge in [-0.1, -0.05) is 13.8 Å². The number of hydrogen-bond acceptors (Lipinski definition) is 6. The highest BCUT2D eigenvalue weighted by Crippen LogP contribution is 2.33. The van der Waals surface area contributed by atoms with Crippen LogP contribution in [0.25, 0.3) is 0 Å². The molecule has 1 aromatic rings. The van der Waals surface area contributed by atoms with Gasteiger partial charge < -0.3 is 20.2 Å². The summed E-state index contributed by atoms with van der Waals surface area (Å²) in [6, 6.07) is 2.40. The van der Waals surface area contributed by atoms with E-state index in [2.05, 4.69) is 30.1 Å². The molecule has 2 amide bonds. The number of fused-ring (bicyclic) bond motifs is 1. The molecule has 30 heavy (non-hydrogen) atoms. The van der Waals surface area contributed by atoms with E-state index in [4.69, 9.17) is 10.1 Å². The van der Waals surface area contributed by atoms with Gasteiger partial charge in [-0.3, -0.25) is 9.59 Å². The van der Waals surface area contributed by atoms with Gasteiger partial charge in [-0.2, -0.15) is 5.26 Å². The first kappa shape index (κ1) is 22.0. The predicted molar refractivity (Wildman–Crippen MR) is 113 cm³/mol. The highest BCUT2D eigenvalue weighted by molar-refractivity contribution is 6.35. The Morgan fingerprint density at radius 1 is 1.17 bits per heavy atom. The maximum Gasteiger partial charge on any atom is 0.312 e. The van der Waals surface area contributed by atoms with E-state index in [1.807, 2.05) is 0 Å². The number of nitrogens with one attached hydrogen (secondary N) is 1. The second-order valence-corrected chi connectivity index (χ2v) is 8.39. The van der Waals surface area contributed by atoms with E-state index >= 15 is 0 Å². The number of anilines is 1. The van der Waals surface area contributed by atoms with Crippen LogP contribution in [0, 0.1) is 17.2 Å². The van der Waals surface area contributed by atoms with Crippen LogP contribution in [0.1, 0.15) is 49.1 Å². The third-order valence-electron chi connectivity index (χ3n) is 5.75. The van der Waals surface area contributed by atoms with Crippen molar-refractivity contribution in [2.24, 2.45) is 5.92 Å². The maximum atomic E-state index is 12.3. The summed E-state index contributed by atoms with van der Waals surface area (Å²) in [7, 11) is 0. The normalized spacial score (nSPS) is 16.2. The van der Waals surface area contributed by atoms with Gasteiger partial charge in [-0.15, -0.1) is 0 Å². The van der Waals surface area contributed by atoms with Crippen molar-refractivity contribution in [3.8, 4) is 6.07 Å². The lowest BCUT2D eigenvalue weighted by atomic mass is 9.85. The Balaban J connectivity index is 1.80. The quantitative estimate of drug-likeness (QED) is 0.691. The summed E-state index contributed by atoms with van der Waals surface area (Å²) in [6.45, 7) is 6.08. The fourth-order valence-corrected chi connectivity index (χ4v) is 4.30. The lowest BCUT2D eigenvalue weighted by molar-refractivity contribution is -0.146. The van der Waals surface area contributed by atoms with Gasteiger partial charge in [-0.05, 0) is 49.1 Å². The molecule has 0 atom stereocenters. The molecule has 1 saturated heterocycles. The van der Waals surface area contributed by atoms with Crippen molar-refractivity contribution in [2.45, 2.75) is 46.0 Å². The van der Waals surface area contributed by atoms with E-state index in [0.29, 0.717) is 37.7 Å². The number of carbonyl (C=O) groups is 2. The van der Waals surface area contributed by atoms with Crippen LogP contribution in [-0.4, -0.2) is 66.1 Å². The van der Waals surface area contributed by atoms with Gasteiger partial charge in [0.2, 0.25) is 0 Å². The van der Waals surface area contributed by atoms with Gasteiger partial charge >= 0.3 is 11.8 Å². The highest BCUT2D eigenvalue weighted by atomic mass is 16.3. The zero-order valence-corrected chi connectivity index (χ0v) is 17.9. The van der Waals surface area contributed by atoms with Crippen molar-refractivity contribution in [2.75, 3.05) is 44.2 Å². The molecule has 0 aromatic carbocycles. The molecule has 0 unspecified atom stereocenters. The van der Waals surface area contributed by atoms with E-state index in [1.54, 1.807) is 0 Å². The number of pyridine rings is 1. The number of nitriles is 1. The summed E-state index contributed by atoms with van der Waals surface area (Å²) < 4.78 is 0. The summed E-state index contributed by atoms with van der Waals surface area (Å²) in [4.78, 5) is 32.7. The van der Waals surface area contributed by atoms with E-state index in [1.165, 1.54) is 10.5 Å². The van der Waals surface area contributed by atoms with Gasteiger partial charge in [0.1, 0.15) is 11.9 Å². The number of nitrogens with zero attached hydrogens (tertiary/aromatic N) is 4. The van der Waals surface area contributed by atoms with Gasteiger partial charge in [0.25, 0.3) is 0 Å². The Morgan fingerprint density at radius 2 is 1.83 bits per heavy atom. The smallest absolute Gasteiger partial charge is 0.312 e. The molecule has 8 nitrogen and oxygen atoms in total. The Morgan fingerprint density at radius 3 is 2.43 bits per heavy atom. The average molecular weight is 414 g/mol. The zero-order valence-electron chi connectivity index (χ0n) is 17.9. The number of aliphatic hydroxyl groups is 1. The summed E-state index contributed by atoms with van der Waals surface area (Å²) in [5.74, 6) is -0.0642. The Labute approximate surface area is 177 Å². The summed E-state index contributed by atoms with van der Waals surface area (Å²) in [5.41, 5.74) is 4.21. The van der Waals surface area contributed by atoms with Crippen LogP contribution in [0.4, 0.5) is 5.82 Å². The number of aromatic nitrogens is 1. The summed E-state index contributed by atoms with van der Waals surface area (Å²) in [6.07, 6.45) is 5.04. The molecule has 0 bridgehead atoms. The van der Waals surface area contributed by atoms with Crippen LogP contribution in [0.3, 0.4) is 0 Å². The fourth-order valence-electron chi connectivity index (χ4n) is 4.30. The molecule has 2 heterocycles. The zero-order chi connectivity index (χ0) is 21.7. The van der Waals surface area contributed by atoms with Gasteiger partial charge in [0.15, 0.2) is 0 Å². The third-order valence-corrected chi connectivity index (χ3v) is 5.75. The van der Waals surface area contributed by atoms with Crippen molar-refractivity contribution < 1.29 is 14.7 Å². The van der Waals surface area contributed by atoms with Crippen molar-refractivity contribution in [1.29, 1.82) is 5.26 Å². The fraction of sp³-hybridized carbons (Fsp3) is 0.636. The monoisotopic (exact) mass is 413 g/mol. The van der Waals surface area contributed by atoms with Crippen LogP contribution < -0.4 is 10.2 Å². The molecule has 8 heteroatoms. The first-order chi connectivity index (χ1) is 14.5. The number of aliphatic hydroxyl groups excluding tert-OH is 1. The molecule has 162 valence electrons. The molecule has 0 radical (unpaired) electrons. The second-order valence-electron chi connectivity index (χ2n) is 8.39. The van der Waals surface area contributed by atoms with Gasteiger partial charge in [0.05, 0.1) is 12.2 Å².